The molecule has 1 aromatic rings. The van der Waals surface area contributed by atoms with E-state index in [2.05, 4.69) is 0 Å². The van der Waals surface area contributed by atoms with E-state index in [0.29, 0.717) is 12.0 Å². The molecule has 0 spiro atoms. The van der Waals surface area contributed by atoms with Crippen LogP contribution in [-0.2, 0) is 11.2 Å². The van der Waals surface area contributed by atoms with E-state index in [1.165, 1.54) is 6.07 Å². The molecule has 1 aliphatic heterocycles. The zero-order valence-corrected chi connectivity index (χ0v) is 7.83. The van der Waals surface area contributed by atoms with Gasteiger partial charge in [0.15, 0.2) is 23.1 Å². The Morgan fingerprint density at radius 1 is 1.53 bits per heavy atom. The van der Waals surface area contributed by atoms with Crippen molar-refractivity contribution in [1.82, 2.24) is 0 Å². The normalized spacial score (nSPS) is 12.9. The van der Waals surface area contributed by atoms with Gasteiger partial charge in [0.25, 0.3) is 0 Å². The molecule has 1 aliphatic rings. The second-order valence-corrected chi connectivity index (χ2v) is 3.13. The summed E-state index contributed by atoms with van der Waals surface area (Å²) in [4.78, 5) is 10.2. The number of ether oxygens (including phenoxy) is 2. The molecular formula is C10H9FO4. The highest BCUT2D eigenvalue weighted by molar-refractivity contribution is 5.56. The monoisotopic (exact) mass is 212 g/mol. The lowest BCUT2D eigenvalue weighted by Gasteiger charge is -2.06. The van der Waals surface area contributed by atoms with Gasteiger partial charge in [0, 0.05) is 18.1 Å². The first-order chi connectivity index (χ1) is 7.24. The van der Waals surface area contributed by atoms with E-state index in [9.17, 15) is 14.3 Å². The standard InChI is InChI=1S/C10H9FO4/c11-9-6(2-1-3-12)10-8(4-7(9)13)14-5-15-10/h3-4,13H,1-2,5H2. The highest BCUT2D eigenvalue weighted by atomic mass is 19.1. The van der Waals surface area contributed by atoms with Crippen molar-refractivity contribution in [3.63, 3.8) is 0 Å². The Morgan fingerprint density at radius 2 is 2.33 bits per heavy atom. The van der Waals surface area contributed by atoms with Gasteiger partial charge in [-0.15, -0.1) is 0 Å². The van der Waals surface area contributed by atoms with Gasteiger partial charge < -0.3 is 19.4 Å². The number of rotatable bonds is 3. The first-order valence-corrected chi connectivity index (χ1v) is 4.47. The molecule has 0 atom stereocenters. The molecule has 0 amide bonds. The summed E-state index contributed by atoms with van der Waals surface area (Å²) in [7, 11) is 0. The molecule has 0 bridgehead atoms. The van der Waals surface area contributed by atoms with Crippen LogP contribution in [0.3, 0.4) is 0 Å². The minimum atomic E-state index is -0.749. The number of aldehydes is 1. The van der Waals surface area contributed by atoms with Gasteiger partial charge >= 0.3 is 0 Å². The molecule has 15 heavy (non-hydrogen) atoms. The van der Waals surface area contributed by atoms with Gasteiger partial charge in [0.1, 0.15) is 6.29 Å². The van der Waals surface area contributed by atoms with E-state index >= 15 is 0 Å². The first kappa shape index (κ1) is 9.76. The molecule has 4 nitrogen and oxygen atoms in total. The number of phenolic OH excluding ortho intramolecular Hbond substituents is 1. The molecular weight excluding hydrogens is 203 g/mol. The first-order valence-electron chi connectivity index (χ1n) is 4.47. The number of aromatic hydroxyl groups is 1. The van der Waals surface area contributed by atoms with Crippen LogP contribution in [0.1, 0.15) is 12.0 Å². The van der Waals surface area contributed by atoms with E-state index in [1.54, 1.807) is 0 Å². The predicted molar refractivity (Wildman–Crippen MR) is 48.6 cm³/mol. The van der Waals surface area contributed by atoms with Crippen LogP contribution in [0.25, 0.3) is 0 Å². The topological polar surface area (TPSA) is 55.8 Å². The number of halogens is 1. The Labute approximate surface area is 85.2 Å². The molecule has 0 aliphatic carbocycles. The van der Waals surface area contributed by atoms with E-state index in [-0.39, 0.29) is 30.9 Å². The van der Waals surface area contributed by atoms with Crippen molar-refractivity contribution < 1.29 is 23.8 Å². The number of fused-ring (bicyclic) bond motifs is 1. The van der Waals surface area contributed by atoms with Crippen molar-refractivity contribution in [2.45, 2.75) is 12.8 Å². The number of benzene rings is 1. The molecule has 1 aromatic carbocycles. The second kappa shape index (κ2) is 3.76. The molecule has 0 saturated carbocycles. The number of carbonyl (C=O) groups is 1. The molecule has 0 saturated heterocycles. The van der Waals surface area contributed by atoms with E-state index < -0.39 is 11.6 Å². The van der Waals surface area contributed by atoms with Crippen LogP contribution in [0.15, 0.2) is 6.07 Å². The lowest BCUT2D eigenvalue weighted by Crippen LogP contribution is -1.97. The van der Waals surface area contributed by atoms with Crippen molar-refractivity contribution in [2.24, 2.45) is 0 Å². The van der Waals surface area contributed by atoms with Crippen molar-refractivity contribution in [1.29, 1.82) is 0 Å². The molecule has 1 heterocycles. The minimum absolute atomic E-state index is 0.00627. The summed E-state index contributed by atoms with van der Waals surface area (Å²) in [5.41, 5.74) is 0.189. The Bertz CT molecular complexity index is 403. The number of hydrogen-bond acceptors (Lipinski definition) is 4. The fourth-order valence-corrected chi connectivity index (χ4v) is 1.50. The highest BCUT2D eigenvalue weighted by Gasteiger charge is 2.23. The number of hydrogen-bond donors (Lipinski definition) is 1. The van der Waals surface area contributed by atoms with E-state index in [1.807, 2.05) is 0 Å². The van der Waals surface area contributed by atoms with Gasteiger partial charge in [0.05, 0.1) is 0 Å². The van der Waals surface area contributed by atoms with Crippen LogP contribution in [0, 0.1) is 5.82 Å². The van der Waals surface area contributed by atoms with Crippen LogP contribution < -0.4 is 9.47 Å². The summed E-state index contributed by atoms with van der Waals surface area (Å²) in [6, 6.07) is 1.17. The van der Waals surface area contributed by atoms with Gasteiger partial charge in [-0.1, -0.05) is 0 Å². The lowest BCUT2D eigenvalue weighted by molar-refractivity contribution is -0.107. The maximum absolute atomic E-state index is 13.5. The largest absolute Gasteiger partial charge is 0.505 e. The SMILES string of the molecule is O=CCCc1c(F)c(O)cc2c1OCO2. The van der Waals surface area contributed by atoms with Crippen LogP contribution in [0.2, 0.25) is 0 Å². The van der Waals surface area contributed by atoms with Gasteiger partial charge in [-0.25, -0.2) is 4.39 Å². The molecule has 80 valence electrons. The van der Waals surface area contributed by atoms with Crippen molar-refractivity contribution in [2.75, 3.05) is 6.79 Å². The van der Waals surface area contributed by atoms with Gasteiger partial charge in [0.2, 0.25) is 6.79 Å². The molecule has 1 N–H and O–H groups in total. The Morgan fingerprint density at radius 3 is 3.07 bits per heavy atom. The van der Waals surface area contributed by atoms with Crippen LogP contribution in [-0.4, -0.2) is 18.2 Å². The lowest BCUT2D eigenvalue weighted by atomic mass is 10.1. The predicted octanol–water partition coefficient (Wildman–Crippen LogP) is 1.39. The zero-order valence-electron chi connectivity index (χ0n) is 7.83. The van der Waals surface area contributed by atoms with Crippen LogP contribution in [0.4, 0.5) is 4.39 Å². The zero-order chi connectivity index (χ0) is 10.8. The summed E-state index contributed by atoms with van der Waals surface area (Å²) in [5.74, 6) is -0.636. The Balaban J connectivity index is 2.45. The average molecular weight is 212 g/mol. The summed E-state index contributed by atoms with van der Waals surface area (Å²) < 4.78 is 23.6. The van der Waals surface area contributed by atoms with Crippen LogP contribution in [0.5, 0.6) is 17.2 Å². The molecule has 2 rings (SSSR count). The van der Waals surface area contributed by atoms with Gasteiger partial charge in [-0.2, -0.15) is 0 Å². The number of carbonyl (C=O) groups excluding carboxylic acids is 1. The quantitative estimate of drug-likeness (QED) is 0.769. The Kier molecular flexibility index (Phi) is 2.45. The van der Waals surface area contributed by atoms with E-state index in [0.717, 1.165) is 0 Å². The van der Waals surface area contributed by atoms with Crippen LogP contribution >= 0.6 is 0 Å². The molecule has 0 aromatic heterocycles. The third-order valence-electron chi connectivity index (χ3n) is 2.19. The third kappa shape index (κ3) is 1.60. The second-order valence-electron chi connectivity index (χ2n) is 3.13. The van der Waals surface area contributed by atoms with Gasteiger partial charge in [-0.05, 0) is 6.42 Å². The smallest absolute Gasteiger partial charge is 0.231 e. The third-order valence-corrected chi connectivity index (χ3v) is 2.19. The van der Waals surface area contributed by atoms with Crippen molar-refractivity contribution >= 4 is 6.29 Å². The number of phenols is 1. The summed E-state index contributed by atoms with van der Waals surface area (Å²) in [6.45, 7) is 0.00627. The fraction of sp³-hybridized carbons (Fsp3) is 0.300. The molecule has 0 fully saturated rings. The maximum atomic E-state index is 13.5. The summed E-state index contributed by atoms with van der Waals surface area (Å²) >= 11 is 0. The molecule has 5 heteroatoms. The molecule has 0 unspecified atom stereocenters. The van der Waals surface area contributed by atoms with Crippen molar-refractivity contribution in [3.8, 4) is 17.2 Å². The Hall–Kier alpha value is -1.78. The minimum Gasteiger partial charge on any atom is -0.505 e. The summed E-state index contributed by atoms with van der Waals surface area (Å²) in [6.07, 6.45) is 1.05. The fourth-order valence-electron chi connectivity index (χ4n) is 1.50. The average Bonchev–Trinajstić information content (AvgIpc) is 2.66. The maximum Gasteiger partial charge on any atom is 0.231 e. The van der Waals surface area contributed by atoms with Gasteiger partial charge in [-0.3, -0.25) is 0 Å². The van der Waals surface area contributed by atoms with Crippen molar-refractivity contribution in [3.05, 3.63) is 17.4 Å². The highest BCUT2D eigenvalue weighted by Crippen LogP contribution is 2.41. The molecule has 0 radical (unpaired) electrons. The van der Waals surface area contributed by atoms with E-state index in [4.69, 9.17) is 9.47 Å². The summed E-state index contributed by atoms with van der Waals surface area (Å²) in [5, 5.41) is 9.26.